The molecule has 0 aliphatic carbocycles. The highest BCUT2D eigenvalue weighted by molar-refractivity contribution is 6.13. The number of hydrogen-bond donors (Lipinski definition) is 0. The van der Waals surface area contributed by atoms with Crippen LogP contribution in [-0.4, -0.2) is 14.1 Å². The van der Waals surface area contributed by atoms with Gasteiger partial charge in [0.05, 0.1) is 33.2 Å². The van der Waals surface area contributed by atoms with Crippen molar-refractivity contribution in [1.82, 2.24) is 14.1 Å². The number of fused-ring (bicyclic) bond motifs is 8. The summed E-state index contributed by atoms with van der Waals surface area (Å²) in [7, 11) is 0. The first-order valence-corrected chi connectivity index (χ1v) is 17.5. The van der Waals surface area contributed by atoms with Crippen molar-refractivity contribution in [2.24, 2.45) is 0 Å². The number of pyridine rings is 2. The van der Waals surface area contributed by atoms with E-state index in [0.29, 0.717) is 0 Å². The van der Waals surface area contributed by atoms with Crippen molar-refractivity contribution in [3.8, 4) is 28.2 Å². The summed E-state index contributed by atoms with van der Waals surface area (Å²) in [5.41, 5.74) is 11.9. The fourth-order valence-electron chi connectivity index (χ4n) is 8.74. The lowest BCUT2D eigenvalue weighted by Crippen LogP contribution is -2.64. The van der Waals surface area contributed by atoms with E-state index in [1.807, 2.05) is 6.20 Å². The van der Waals surface area contributed by atoms with Gasteiger partial charge in [0.2, 0.25) is 5.69 Å². The van der Waals surface area contributed by atoms with E-state index in [-0.39, 0.29) is 0 Å². The van der Waals surface area contributed by atoms with Crippen LogP contribution in [0.3, 0.4) is 0 Å². The number of benzene rings is 6. The minimum Gasteiger partial charge on any atom is -0.309 e. The smallest absolute Gasteiger partial charge is 0.301 e. The summed E-state index contributed by atoms with van der Waals surface area (Å²) < 4.78 is 7.35. The third kappa shape index (κ3) is 3.79. The second-order valence-electron chi connectivity index (χ2n) is 13.4. The number of para-hydroxylation sites is 3. The third-order valence-electron chi connectivity index (χ3n) is 10.8. The molecule has 0 atom stereocenters. The molecule has 1 aliphatic rings. The molecule has 11 rings (SSSR count). The van der Waals surface area contributed by atoms with Crippen LogP contribution in [0.15, 0.2) is 188 Å². The number of rotatable bonds is 4. The predicted octanol–water partition coefficient (Wildman–Crippen LogP) is 10.5. The van der Waals surface area contributed by atoms with Crippen LogP contribution in [0.2, 0.25) is 0 Å². The topological polar surface area (TPSA) is 26.6 Å². The Hall–Kier alpha value is -6.78. The van der Waals surface area contributed by atoms with Gasteiger partial charge < -0.3 is 4.57 Å². The Bertz CT molecular complexity index is 2920. The maximum atomic E-state index is 5.14. The molecular formula is C47H31N4+. The van der Waals surface area contributed by atoms with Crippen molar-refractivity contribution in [3.63, 3.8) is 0 Å². The monoisotopic (exact) mass is 651 g/mol. The Kier molecular flexibility index (Phi) is 5.84. The van der Waals surface area contributed by atoms with Gasteiger partial charge in [-0.3, -0.25) is 4.57 Å². The summed E-state index contributed by atoms with van der Waals surface area (Å²) in [4.78, 5) is 5.14. The van der Waals surface area contributed by atoms with Crippen LogP contribution < -0.4 is 4.57 Å². The van der Waals surface area contributed by atoms with Gasteiger partial charge in [-0.05, 0) is 77.9 Å². The van der Waals surface area contributed by atoms with E-state index < -0.39 is 5.66 Å². The first-order chi connectivity index (χ1) is 25.3. The average Bonchev–Trinajstić information content (AvgIpc) is 3.73. The minimum absolute atomic E-state index is 0.708. The Balaban J connectivity index is 1.23. The van der Waals surface area contributed by atoms with Crippen molar-refractivity contribution < 1.29 is 4.57 Å². The summed E-state index contributed by atoms with van der Waals surface area (Å²) in [5, 5.41) is 4.91. The van der Waals surface area contributed by atoms with Crippen molar-refractivity contribution in [1.29, 1.82) is 0 Å². The second-order valence-corrected chi connectivity index (χ2v) is 13.4. The standard InChI is InChI=1S/C47H31N4/c1-4-14-34(15-5-1)47(35-16-6-2-7-17-35)49-29-27-33(31-44(49)45-46-39(26-28-48-45)37-20-11-13-23-43(37)51(46)47)32-24-25-42-40(30-32)38-21-10-12-22-41(38)50(42)36-18-8-3-9-19-36/h1-31H/q+1. The van der Waals surface area contributed by atoms with E-state index in [2.05, 4.69) is 196 Å². The van der Waals surface area contributed by atoms with E-state index in [4.69, 9.17) is 4.98 Å². The van der Waals surface area contributed by atoms with Gasteiger partial charge in [-0.25, -0.2) is 4.98 Å². The zero-order valence-electron chi connectivity index (χ0n) is 27.7. The summed E-state index contributed by atoms with van der Waals surface area (Å²) in [6.07, 6.45) is 4.24. The van der Waals surface area contributed by atoms with Gasteiger partial charge in [0.15, 0.2) is 11.9 Å². The van der Waals surface area contributed by atoms with Gasteiger partial charge in [-0.1, -0.05) is 97.1 Å². The maximum Gasteiger partial charge on any atom is 0.301 e. The van der Waals surface area contributed by atoms with Gasteiger partial charge in [-0.2, -0.15) is 4.57 Å². The van der Waals surface area contributed by atoms with Crippen molar-refractivity contribution in [2.45, 2.75) is 5.66 Å². The molecule has 0 saturated carbocycles. The van der Waals surface area contributed by atoms with E-state index in [9.17, 15) is 0 Å². The fraction of sp³-hybridized carbons (Fsp3) is 0.0213. The maximum absolute atomic E-state index is 5.14. The molecule has 4 nitrogen and oxygen atoms in total. The number of aromatic nitrogens is 4. The first kappa shape index (κ1) is 28.1. The molecule has 10 aromatic rings. The summed E-state index contributed by atoms with van der Waals surface area (Å²) >= 11 is 0. The number of hydrogen-bond acceptors (Lipinski definition) is 1. The third-order valence-corrected chi connectivity index (χ3v) is 10.8. The van der Waals surface area contributed by atoms with Crippen LogP contribution in [0.1, 0.15) is 11.1 Å². The zero-order chi connectivity index (χ0) is 33.5. The predicted molar refractivity (Wildman–Crippen MR) is 207 cm³/mol. The number of nitrogens with zero attached hydrogens (tertiary/aromatic N) is 4. The molecule has 0 spiro atoms. The second kappa shape index (κ2) is 10.6. The zero-order valence-corrected chi connectivity index (χ0v) is 27.7. The van der Waals surface area contributed by atoms with Gasteiger partial charge >= 0.3 is 5.66 Å². The Labute approximate surface area is 294 Å². The highest BCUT2D eigenvalue weighted by atomic mass is 15.3. The Morgan fingerprint density at radius 2 is 1.06 bits per heavy atom. The van der Waals surface area contributed by atoms with Gasteiger partial charge in [0, 0.05) is 45.6 Å². The van der Waals surface area contributed by atoms with Crippen LogP contribution in [0.4, 0.5) is 0 Å². The molecule has 238 valence electrons. The molecule has 0 saturated heterocycles. The minimum atomic E-state index is -0.708. The van der Waals surface area contributed by atoms with E-state index >= 15 is 0 Å². The molecule has 4 aromatic heterocycles. The Morgan fingerprint density at radius 1 is 0.471 bits per heavy atom. The first-order valence-electron chi connectivity index (χ1n) is 17.5. The van der Waals surface area contributed by atoms with E-state index in [0.717, 1.165) is 28.2 Å². The molecule has 0 N–H and O–H groups in total. The molecule has 0 fully saturated rings. The molecule has 1 aliphatic heterocycles. The van der Waals surface area contributed by atoms with E-state index in [1.54, 1.807) is 0 Å². The molecule has 0 radical (unpaired) electrons. The largest absolute Gasteiger partial charge is 0.309 e. The van der Waals surface area contributed by atoms with Gasteiger partial charge in [0.1, 0.15) is 0 Å². The van der Waals surface area contributed by atoms with Crippen LogP contribution in [0, 0.1) is 0 Å². The SMILES string of the molecule is c1ccc(-n2c3ccccc3c3cc(-c4cc[n+]5c(c4)-c4nccc6c7ccccc7n(c46)C5(c4ccccc4)c4ccccc4)ccc32)cc1. The molecule has 6 aromatic carbocycles. The quantitative estimate of drug-likeness (QED) is 0.174. The molecule has 51 heavy (non-hydrogen) atoms. The van der Waals surface area contributed by atoms with Crippen LogP contribution >= 0.6 is 0 Å². The Morgan fingerprint density at radius 3 is 1.78 bits per heavy atom. The molecule has 5 heterocycles. The lowest BCUT2D eigenvalue weighted by Gasteiger charge is -2.36. The highest BCUT2D eigenvalue weighted by Crippen LogP contribution is 2.46. The van der Waals surface area contributed by atoms with Crippen molar-refractivity contribution in [2.75, 3.05) is 0 Å². The fourth-order valence-corrected chi connectivity index (χ4v) is 8.74. The lowest BCUT2D eigenvalue weighted by molar-refractivity contribution is -0.740. The molecule has 0 bridgehead atoms. The average molecular weight is 652 g/mol. The van der Waals surface area contributed by atoms with E-state index in [1.165, 1.54) is 54.8 Å². The normalized spacial score (nSPS) is 13.3. The molecule has 0 unspecified atom stereocenters. The summed E-state index contributed by atoms with van der Waals surface area (Å²) in [6.45, 7) is 0. The van der Waals surface area contributed by atoms with Crippen LogP contribution in [-0.2, 0) is 5.66 Å². The van der Waals surface area contributed by atoms with Gasteiger partial charge in [0.25, 0.3) is 0 Å². The highest BCUT2D eigenvalue weighted by Gasteiger charge is 2.53. The van der Waals surface area contributed by atoms with Crippen LogP contribution in [0.25, 0.3) is 71.8 Å². The summed E-state index contributed by atoms with van der Waals surface area (Å²) in [6, 6.07) is 63.7. The summed E-state index contributed by atoms with van der Waals surface area (Å²) in [5.74, 6) is 0. The molecular weight excluding hydrogens is 621 g/mol. The molecule has 0 amide bonds. The van der Waals surface area contributed by atoms with Crippen molar-refractivity contribution >= 4 is 43.6 Å². The van der Waals surface area contributed by atoms with Crippen molar-refractivity contribution in [3.05, 3.63) is 199 Å². The lowest BCUT2D eigenvalue weighted by atomic mass is 9.87. The molecule has 4 heteroatoms. The van der Waals surface area contributed by atoms with Crippen LogP contribution in [0.5, 0.6) is 0 Å². The van der Waals surface area contributed by atoms with Gasteiger partial charge in [-0.15, -0.1) is 0 Å².